The van der Waals surface area contributed by atoms with Crippen LogP contribution in [0.3, 0.4) is 0 Å². The topological polar surface area (TPSA) is 36.2 Å². The summed E-state index contributed by atoms with van der Waals surface area (Å²) in [6.45, 7) is -0.127. The lowest BCUT2D eigenvalue weighted by atomic mass is 10.2. The SMILES string of the molecule is [O-][n+]1ccccc1OCc1ccc(F)cc1F. The van der Waals surface area contributed by atoms with Crippen molar-refractivity contribution >= 4 is 0 Å². The molecule has 0 radical (unpaired) electrons. The zero-order valence-corrected chi connectivity index (χ0v) is 8.77. The minimum Gasteiger partial charge on any atom is -0.616 e. The van der Waals surface area contributed by atoms with Crippen molar-refractivity contribution < 1.29 is 18.2 Å². The van der Waals surface area contributed by atoms with Crippen LogP contribution in [0.15, 0.2) is 42.6 Å². The van der Waals surface area contributed by atoms with Gasteiger partial charge in [-0.1, -0.05) is 0 Å². The Labute approximate surface area is 96.5 Å². The maximum Gasteiger partial charge on any atom is 0.379 e. The molecule has 0 fully saturated rings. The number of rotatable bonds is 3. The maximum absolute atomic E-state index is 13.2. The van der Waals surface area contributed by atoms with E-state index in [1.54, 1.807) is 12.1 Å². The van der Waals surface area contributed by atoms with Crippen LogP contribution in [-0.4, -0.2) is 0 Å². The molecule has 5 heteroatoms. The Morgan fingerprint density at radius 1 is 1.18 bits per heavy atom. The first-order valence-corrected chi connectivity index (χ1v) is 4.92. The molecule has 2 aromatic rings. The van der Waals surface area contributed by atoms with Crippen LogP contribution >= 0.6 is 0 Å². The third-order valence-corrected chi connectivity index (χ3v) is 2.18. The maximum atomic E-state index is 13.2. The predicted octanol–water partition coefficient (Wildman–Crippen LogP) is 2.18. The quantitative estimate of drug-likeness (QED) is 0.606. The fraction of sp³-hybridized carbons (Fsp3) is 0.0833. The van der Waals surface area contributed by atoms with Gasteiger partial charge in [0.05, 0.1) is 6.07 Å². The van der Waals surface area contributed by atoms with Gasteiger partial charge in [-0.15, -0.1) is 4.73 Å². The summed E-state index contributed by atoms with van der Waals surface area (Å²) in [5.41, 5.74) is 0.190. The normalized spacial score (nSPS) is 10.2. The lowest BCUT2D eigenvalue weighted by Crippen LogP contribution is -2.27. The van der Waals surface area contributed by atoms with Gasteiger partial charge in [0.25, 0.3) is 0 Å². The van der Waals surface area contributed by atoms with Gasteiger partial charge in [0.1, 0.15) is 18.2 Å². The van der Waals surface area contributed by atoms with Gasteiger partial charge >= 0.3 is 5.88 Å². The molecule has 0 aliphatic carbocycles. The highest BCUT2D eigenvalue weighted by atomic mass is 19.1. The second-order valence-corrected chi connectivity index (χ2v) is 3.39. The van der Waals surface area contributed by atoms with Gasteiger partial charge in [-0.05, 0) is 18.2 Å². The highest BCUT2D eigenvalue weighted by molar-refractivity contribution is 5.18. The van der Waals surface area contributed by atoms with Crippen molar-refractivity contribution in [2.24, 2.45) is 0 Å². The molecule has 0 atom stereocenters. The smallest absolute Gasteiger partial charge is 0.379 e. The van der Waals surface area contributed by atoms with Crippen molar-refractivity contribution in [2.45, 2.75) is 6.61 Å². The Morgan fingerprint density at radius 2 is 2.00 bits per heavy atom. The summed E-state index contributed by atoms with van der Waals surface area (Å²) < 4.78 is 31.5. The molecular formula is C12H9F2NO2. The number of hydrogen-bond donors (Lipinski definition) is 0. The van der Waals surface area contributed by atoms with E-state index < -0.39 is 11.6 Å². The number of ether oxygens (including phenoxy) is 1. The molecule has 3 nitrogen and oxygen atoms in total. The fourth-order valence-corrected chi connectivity index (χ4v) is 1.31. The van der Waals surface area contributed by atoms with Gasteiger partial charge in [0, 0.05) is 17.7 Å². The summed E-state index contributed by atoms with van der Waals surface area (Å²) in [6.07, 6.45) is 1.27. The predicted molar refractivity (Wildman–Crippen MR) is 56.1 cm³/mol. The van der Waals surface area contributed by atoms with Gasteiger partial charge in [-0.3, -0.25) is 0 Å². The van der Waals surface area contributed by atoms with Crippen molar-refractivity contribution in [1.29, 1.82) is 0 Å². The van der Waals surface area contributed by atoms with Crippen LogP contribution in [0.25, 0.3) is 0 Å². The van der Waals surface area contributed by atoms with E-state index in [1.807, 2.05) is 0 Å². The fourth-order valence-electron chi connectivity index (χ4n) is 1.31. The Balaban J connectivity index is 2.10. The van der Waals surface area contributed by atoms with Crippen molar-refractivity contribution in [1.82, 2.24) is 0 Å². The van der Waals surface area contributed by atoms with Crippen LogP contribution in [0.5, 0.6) is 5.88 Å². The van der Waals surface area contributed by atoms with E-state index in [-0.39, 0.29) is 18.1 Å². The van der Waals surface area contributed by atoms with E-state index in [9.17, 15) is 14.0 Å². The first-order chi connectivity index (χ1) is 8.16. The van der Waals surface area contributed by atoms with Crippen molar-refractivity contribution in [3.8, 4) is 5.88 Å². The van der Waals surface area contributed by atoms with Crippen LogP contribution in [-0.2, 0) is 6.61 Å². The number of halogens is 2. The lowest BCUT2D eigenvalue weighted by molar-refractivity contribution is -0.613. The zero-order valence-electron chi connectivity index (χ0n) is 8.77. The van der Waals surface area contributed by atoms with Gasteiger partial charge in [-0.25, -0.2) is 8.78 Å². The molecule has 17 heavy (non-hydrogen) atoms. The molecule has 1 aromatic carbocycles. The van der Waals surface area contributed by atoms with Crippen LogP contribution in [0.2, 0.25) is 0 Å². The van der Waals surface area contributed by atoms with E-state index in [2.05, 4.69) is 0 Å². The summed E-state index contributed by atoms with van der Waals surface area (Å²) in [4.78, 5) is 0. The molecule has 0 saturated carbocycles. The third kappa shape index (κ3) is 2.69. The number of nitrogens with zero attached hydrogens (tertiary/aromatic N) is 1. The second-order valence-electron chi connectivity index (χ2n) is 3.39. The minimum absolute atomic E-state index is 0.0659. The highest BCUT2D eigenvalue weighted by Gasteiger charge is 2.08. The van der Waals surface area contributed by atoms with Crippen LogP contribution < -0.4 is 9.47 Å². The third-order valence-electron chi connectivity index (χ3n) is 2.18. The van der Waals surface area contributed by atoms with Crippen molar-refractivity contribution in [3.63, 3.8) is 0 Å². The van der Waals surface area contributed by atoms with E-state index >= 15 is 0 Å². The minimum atomic E-state index is -0.696. The lowest BCUT2D eigenvalue weighted by Gasteiger charge is -2.06. The first kappa shape index (κ1) is 11.3. The standard InChI is InChI=1S/C12H9F2NO2/c13-10-5-4-9(11(14)7-10)8-17-12-3-1-2-6-15(12)16/h1-7H,8H2. The molecule has 0 saturated heterocycles. The molecule has 0 amide bonds. The summed E-state index contributed by atoms with van der Waals surface area (Å²) in [5, 5.41) is 11.2. The monoisotopic (exact) mass is 237 g/mol. The molecule has 0 aliphatic heterocycles. The molecule has 0 spiro atoms. The van der Waals surface area contributed by atoms with Crippen molar-refractivity contribution in [3.05, 3.63) is 65.0 Å². The molecule has 0 bridgehead atoms. The van der Waals surface area contributed by atoms with Gasteiger partial charge in [0.2, 0.25) is 0 Å². The van der Waals surface area contributed by atoms with Gasteiger partial charge < -0.3 is 9.94 Å². The first-order valence-electron chi connectivity index (χ1n) is 4.92. The van der Waals surface area contributed by atoms with E-state index in [4.69, 9.17) is 4.74 Å². The molecule has 0 N–H and O–H groups in total. The second kappa shape index (κ2) is 4.78. The van der Waals surface area contributed by atoms with Gasteiger partial charge in [0.15, 0.2) is 6.20 Å². The largest absolute Gasteiger partial charge is 0.616 e. The number of hydrogen-bond acceptors (Lipinski definition) is 2. The summed E-state index contributed by atoms with van der Waals surface area (Å²) in [5.74, 6) is -1.28. The summed E-state index contributed by atoms with van der Waals surface area (Å²) in [6, 6.07) is 7.84. The van der Waals surface area contributed by atoms with Crippen LogP contribution in [0.4, 0.5) is 8.78 Å². The number of benzene rings is 1. The van der Waals surface area contributed by atoms with Crippen LogP contribution in [0.1, 0.15) is 5.56 Å². The molecular weight excluding hydrogens is 228 g/mol. The summed E-state index contributed by atoms with van der Waals surface area (Å²) in [7, 11) is 0. The van der Waals surface area contributed by atoms with E-state index in [0.29, 0.717) is 4.73 Å². The number of aromatic nitrogens is 1. The molecule has 1 heterocycles. The molecule has 2 rings (SSSR count). The molecule has 0 unspecified atom stereocenters. The summed E-state index contributed by atoms with van der Waals surface area (Å²) >= 11 is 0. The highest BCUT2D eigenvalue weighted by Crippen LogP contribution is 2.12. The number of pyridine rings is 1. The average molecular weight is 237 g/mol. The molecule has 88 valence electrons. The van der Waals surface area contributed by atoms with Crippen LogP contribution in [0, 0.1) is 16.8 Å². The zero-order chi connectivity index (χ0) is 12.3. The van der Waals surface area contributed by atoms with E-state index in [1.165, 1.54) is 18.3 Å². The molecule has 0 aliphatic rings. The van der Waals surface area contributed by atoms with Gasteiger partial charge in [-0.2, -0.15) is 0 Å². The Hall–Kier alpha value is -2.17. The average Bonchev–Trinajstić information content (AvgIpc) is 2.30. The Kier molecular flexibility index (Phi) is 3.18. The van der Waals surface area contributed by atoms with E-state index in [0.717, 1.165) is 12.1 Å². The van der Waals surface area contributed by atoms with Crippen molar-refractivity contribution in [2.75, 3.05) is 0 Å². The Bertz CT molecular complexity index is 532. The Morgan fingerprint density at radius 3 is 2.71 bits per heavy atom. The molecule has 1 aromatic heterocycles.